The molecular weight excluding hydrogens is 508 g/mol. The molecule has 3 fully saturated rings. The summed E-state index contributed by atoms with van der Waals surface area (Å²) in [7, 11) is 0. The van der Waals surface area contributed by atoms with Crippen LogP contribution in [0.2, 0.25) is 0 Å². The molecule has 4 aliphatic carbocycles. The first-order chi connectivity index (χ1) is 18.6. The van der Waals surface area contributed by atoms with Crippen molar-refractivity contribution in [2.45, 2.75) is 106 Å². The highest BCUT2D eigenvalue weighted by Gasteiger charge is 2.72. The molecule has 7 nitrogen and oxygen atoms in total. The Morgan fingerprint density at radius 1 is 1.02 bits per heavy atom. The fourth-order valence-electron chi connectivity index (χ4n) is 9.42. The van der Waals surface area contributed by atoms with Crippen LogP contribution in [0.3, 0.4) is 0 Å². The van der Waals surface area contributed by atoms with Crippen LogP contribution in [0.4, 0.5) is 0 Å². The molecule has 5 rings (SSSR count). The largest absolute Gasteiger partial charge is 0.472 e. The van der Waals surface area contributed by atoms with Gasteiger partial charge in [0.05, 0.1) is 24.4 Å². The van der Waals surface area contributed by atoms with Gasteiger partial charge in [0.1, 0.15) is 18.0 Å². The lowest BCUT2D eigenvalue weighted by Crippen LogP contribution is -2.67. The lowest BCUT2D eigenvalue weighted by Gasteiger charge is -2.68. The quantitative estimate of drug-likeness (QED) is 0.400. The van der Waals surface area contributed by atoms with E-state index in [0.29, 0.717) is 32.1 Å². The van der Waals surface area contributed by atoms with Gasteiger partial charge in [0.15, 0.2) is 5.78 Å². The second kappa shape index (κ2) is 9.42. The second-order valence-electron chi connectivity index (χ2n) is 14.1. The van der Waals surface area contributed by atoms with Gasteiger partial charge in [-0.05, 0) is 60.6 Å². The SMILES string of the molecule is CCC(C)C(=O)OC1CC2C(C)(C)C(=O)CCC2(C)C2CC(OC(C)=O)C3(C)C(=CC(=O)C3c3ccoc3)C12C. The second-order valence-corrected chi connectivity index (χ2v) is 14.1. The van der Waals surface area contributed by atoms with Crippen molar-refractivity contribution in [2.75, 3.05) is 0 Å². The van der Waals surface area contributed by atoms with Gasteiger partial charge in [-0.15, -0.1) is 0 Å². The van der Waals surface area contributed by atoms with E-state index in [-0.39, 0.29) is 40.7 Å². The molecule has 1 aromatic heterocycles. The highest BCUT2D eigenvalue weighted by molar-refractivity contribution is 6.01. The standard InChI is InChI=1S/C33H44O7/c1-9-18(2)29(37)40-26-15-22-30(4,5)25(36)10-12-31(22,6)23-16-27(39-19(3)34)33(8)24(32(23,26)7)14-21(35)28(33)20-11-13-38-17-20/h11,13-14,17-18,22-23,26-28H,9-10,12,15-16H2,1-8H3. The molecule has 0 saturated heterocycles. The molecule has 1 aromatic rings. The normalized spacial score (nSPS) is 40.8. The summed E-state index contributed by atoms with van der Waals surface area (Å²) in [6.07, 6.45) is 6.71. The number of fused-ring (bicyclic) bond motifs is 5. The van der Waals surface area contributed by atoms with Crippen LogP contribution in [-0.2, 0) is 28.7 Å². The van der Waals surface area contributed by atoms with Gasteiger partial charge in [0.25, 0.3) is 0 Å². The van der Waals surface area contributed by atoms with E-state index in [4.69, 9.17) is 13.9 Å². The molecule has 0 aliphatic heterocycles. The van der Waals surface area contributed by atoms with Crippen molar-refractivity contribution in [3.05, 3.63) is 35.8 Å². The fraction of sp³-hybridized carbons (Fsp3) is 0.697. The van der Waals surface area contributed by atoms with Crippen molar-refractivity contribution in [2.24, 2.45) is 39.4 Å². The molecule has 0 spiro atoms. The van der Waals surface area contributed by atoms with Gasteiger partial charge in [0, 0.05) is 35.2 Å². The molecule has 0 N–H and O–H groups in total. The van der Waals surface area contributed by atoms with Gasteiger partial charge in [-0.25, -0.2) is 0 Å². The summed E-state index contributed by atoms with van der Waals surface area (Å²) in [5.41, 5.74) is -0.785. The maximum atomic E-state index is 13.9. The van der Waals surface area contributed by atoms with Crippen molar-refractivity contribution in [3.8, 4) is 0 Å². The minimum atomic E-state index is -0.845. The van der Waals surface area contributed by atoms with Gasteiger partial charge < -0.3 is 13.9 Å². The van der Waals surface area contributed by atoms with Crippen LogP contribution >= 0.6 is 0 Å². The van der Waals surface area contributed by atoms with Crippen LogP contribution in [0.5, 0.6) is 0 Å². The van der Waals surface area contributed by atoms with Gasteiger partial charge in [-0.3, -0.25) is 19.2 Å². The topological polar surface area (TPSA) is 99.9 Å². The lowest BCUT2D eigenvalue weighted by molar-refractivity contribution is -0.220. The number of ketones is 2. The number of Topliss-reactive ketones (excluding diaryl/α,β-unsaturated/α-hetero) is 1. The summed E-state index contributed by atoms with van der Waals surface area (Å²) in [5, 5.41) is 0. The monoisotopic (exact) mass is 552 g/mol. The Bertz CT molecular complexity index is 1260. The van der Waals surface area contributed by atoms with E-state index in [2.05, 4.69) is 13.8 Å². The molecule has 0 bridgehead atoms. The number of furan rings is 1. The summed E-state index contributed by atoms with van der Waals surface area (Å²) in [6, 6.07) is 1.80. The van der Waals surface area contributed by atoms with Crippen molar-refractivity contribution < 1.29 is 33.1 Å². The van der Waals surface area contributed by atoms with Crippen LogP contribution in [0.25, 0.3) is 0 Å². The van der Waals surface area contributed by atoms with Crippen molar-refractivity contribution in [3.63, 3.8) is 0 Å². The van der Waals surface area contributed by atoms with Crippen LogP contribution < -0.4 is 0 Å². The maximum absolute atomic E-state index is 13.9. The van der Waals surface area contributed by atoms with E-state index in [1.54, 1.807) is 24.7 Å². The minimum absolute atomic E-state index is 0.0289. The predicted molar refractivity (Wildman–Crippen MR) is 148 cm³/mol. The average molecular weight is 553 g/mol. The fourth-order valence-corrected chi connectivity index (χ4v) is 9.42. The maximum Gasteiger partial charge on any atom is 0.308 e. The summed E-state index contributed by atoms with van der Waals surface area (Å²) in [5.74, 6) is -1.43. The Labute approximate surface area is 237 Å². The van der Waals surface area contributed by atoms with E-state index in [9.17, 15) is 19.2 Å². The Kier molecular flexibility index (Phi) is 6.79. The third kappa shape index (κ3) is 3.82. The molecule has 3 saturated carbocycles. The number of rotatable bonds is 5. The highest BCUT2D eigenvalue weighted by atomic mass is 16.6. The predicted octanol–water partition coefficient (Wildman–Crippen LogP) is 6.21. The first-order valence-corrected chi connectivity index (χ1v) is 14.8. The number of allylic oxidation sites excluding steroid dienone is 1. The Balaban J connectivity index is 1.72. The molecule has 9 unspecified atom stereocenters. The zero-order chi connectivity index (χ0) is 29.4. The molecule has 1 heterocycles. The van der Waals surface area contributed by atoms with E-state index >= 15 is 0 Å². The van der Waals surface area contributed by atoms with E-state index < -0.39 is 40.3 Å². The van der Waals surface area contributed by atoms with Crippen molar-refractivity contribution in [1.82, 2.24) is 0 Å². The number of carbonyl (C=O) groups is 4. The minimum Gasteiger partial charge on any atom is -0.472 e. The molecule has 9 atom stereocenters. The third-order valence-electron chi connectivity index (χ3n) is 11.8. The van der Waals surface area contributed by atoms with Crippen LogP contribution in [0.15, 0.2) is 34.7 Å². The Hall–Kier alpha value is -2.70. The summed E-state index contributed by atoms with van der Waals surface area (Å²) >= 11 is 0. The zero-order valence-corrected chi connectivity index (χ0v) is 25.2. The Morgan fingerprint density at radius 2 is 1.68 bits per heavy atom. The lowest BCUT2D eigenvalue weighted by atomic mass is 9.37. The van der Waals surface area contributed by atoms with Gasteiger partial charge in [-0.1, -0.05) is 48.5 Å². The number of carbonyl (C=O) groups excluding carboxylic acids is 4. The molecule has 4 aliphatic rings. The molecule has 0 aromatic carbocycles. The van der Waals surface area contributed by atoms with Gasteiger partial charge >= 0.3 is 11.9 Å². The summed E-state index contributed by atoms with van der Waals surface area (Å²) < 4.78 is 17.9. The third-order valence-corrected chi connectivity index (χ3v) is 11.8. The molecule has 40 heavy (non-hydrogen) atoms. The summed E-state index contributed by atoms with van der Waals surface area (Å²) in [4.78, 5) is 53.0. The van der Waals surface area contributed by atoms with Crippen LogP contribution in [0.1, 0.15) is 99.0 Å². The number of hydrogen-bond acceptors (Lipinski definition) is 7. The van der Waals surface area contributed by atoms with Gasteiger partial charge in [-0.2, -0.15) is 0 Å². The first-order valence-electron chi connectivity index (χ1n) is 14.8. The van der Waals surface area contributed by atoms with Gasteiger partial charge in [0.2, 0.25) is 0 Å². The van der Waals surface area contributed by atoms with E-state index in [1.165, 1.54) is 6.92 Å². The van der Waals surface area contributed by atoms with Crippen LogP contribution in [-0.4, -0.2) is 35.7 Å². The zero-order valence-electron chi connectivity index (χ0n) is 25.2. The van der Waals surface area contributed by atoms with E-state index in [1.807, 2.05) is 34.6 Å². The van der Waals surface area contributed by atoms with E-state index in [0.717, 1.165) is 11.1 Å². The molecular formula is C33H44O7. The molecule has 218 valence electrons. The van der Waals surface area contributed by atoms with Crippen molar-refractivity contribution >= 4 is 23.5 Å². The molecule has 7 heteroatoms. The average Bonchev–Trinajstić information content (AvgIpc) is 3.50. The Morgan fingerprint density at radius 3 is 2.27 bits per heavy atom. The highest BCUT2D eigenvalue weighted by Crippen LogP contribution is 2.73. The number of esters is 2. The number of ether oxygens (including phenoxy) is 2. The van der Waals surface area contributed by atoms with Crippen LogP contribution in [0, 0.1) is 39.4 Å². The smallest absolute Gasteiger partial charge is 0.308 e. The number of hydrogen-bond donors (Lipinski definition) is 0. The van der Waals surface area contributed by atoms with Crippen molar-refractivity contribution in [1.29, 1.82) is 0 Å². The first kappa shape index (κ1) is 28.8. The summed E-state index contributed by atoms with van der Waals surface area (Å²) in [6.45, 7) is 15.7. The molecule has 0 amide bonds. The molecule has 0 radical (unpaired) electrons.